The van der Waals surface area contributed by atoms with E-state index in [1.54, 1.807) is 12.1 Å². The molecular formula is C20H15N3O4S. The summed E-state index contributed by atoms with van der Waals surface area (Å²) in [5.41, 5.74) is 4.82. The lowest BCUT2D eigenvalue weighted by Crippen LogP contribution is -2.33. The molecule has 0 saturated carbocycles. The van der Waals surface area contributed by atoms with Gasteiger partial charge in [0.05, 0.1) is 17.3 Å². The van der Waals surface area contributed by atoms with Crippen molar-refractivity contribution in [2.75, 3.05) is 6.79 Å². The first-order chi connectivity index (χ1) is 13.7. The van der Waals surface area contributed by atoms with E-state index in [4.69, 9.17) is 26.1 Å². The summed E-state index contributed by atoms with van der Waals surface area (Å²) in [6, 6.07) is 14.7. The fourth-order valence-corrected chi connectivity index (χ4v) is 3.55. The zero-order valence-corrected chi connectivity index (χ0v) is 15.4. The van der Waals surface area contributed by atoms with Gasteiger partial charge in [-0.25, -0.2) is 4.79 Å². The van der Waals surface area contributed by atoms with Gasteiger partial charge in [-0.05, 0) is 42.0 Å². The van der Waals surface area contributed by atoms with Crippen molar-refractivity contribution in [2.45, 2.75) is 12.5 Å². The Kier molecular flexibility index (Phi) is 3.98. The highest BCUT2D eigenvalue weighted by Gasteiger charge is 2.24. The van der Waals surface area contributed by atoms with Crippen LogP contribution in [0, 0.1) is 0 Å². The Morgan fingerprint density at radius 2 is 1.93 bits per heavy atom. The van der Waals surface area contributed by atoms with Crippen molar-refractivity contribution in [1.29, 1.82) is 0 Å². The van der Waals surface area contributed by atoms with E-state index in [1.165, 1.54) is 0 Å². The molecule has 2 aliphatic rings. The van der Waals surface area contributed by atoms with Crippen molar-refractivity contribution in [1.82, 2.24) is 10.7 Å². The van der Waals surface area contributed by atoms with E-state index in [0.717, 1.165) is 10.9 Å². The van der Waals surface area contributed by atoms with Gasteiger partial charge in [0.25, 0.3) is 0 Å². The number of hydrogen-bond acceptors (Lipinski definition) is 6. The number of nitrogens with zero attached hydrogens (tertiary/aromatic N) is 1. The summed E-state index contributed by atoms with van der Waals surface area (Å²) in [5.74, 6) is 1.40. The number of thiocarbonyl (C=S) groups is 1. The molecule has 3 heterocycles. The van der Waals surface area contributed by atoms with Crippen LogP contribution in [0.25, 0.3) is 11.0 Å². The van der Waals surface area contributed by atoms with Crippen molar-refractivity contribution < 1.29 is 13.9 Å². The first-order valence-electron chi connectivity index (χ1n) is 8.73. The number of benzene rings is 2. The van der Waals surface area contributed by atoms with Crippen LogP contribution in [-0.2, 0) is 0 Å². The Balaban J connectivity index is 1.54. The summed E-state index contributed by atoms with van der Waals surface area (Å²) >= 11 is 5.29. The van der Waals surface area contributed by atoms with E-state index in [1.807, 2.05) is 36.4 Å². The quantitative estimate of drug-likeness (QED) is 0.512. The van der Waals surface area contributed by atoms with Crippen molar-refractivity contribution in [3.8, 4) is 11.5 Å². The molecule has 140 valence electrons. The summed E-state index contributed by atoms with van der Waals surface area (Å²) in [6.45, 7) is 0.210. The normalized spacial score (nSPS) is 18.2. The second kappa shape index (κ2) is 6.65. The number of nitrogens with one attached hydrogen (secondary N) is 2. The van der Waals surface area contributed by atoms with Gasteiger partial charge in [-0.15, -0.1) is 0 Å². The predicted molar refractivity (Wildman–Crippen MR) is 108 cm³/mol. The Morgan fingerprint density at radius 3 is 2.86 bits per heavy atom. The number of rotatable bonds is 2. The summed E-state index contributed by atoms with van der Waals surface area (Å²) in [4.78, 5) is 12.6. The van der Waals surface area contributed by atoms with Gasteiger partial charge in [0.15, 0.2) is 16.6 Å². The summed E-state index contributed by atoms with van der Waals surface area (Å²) < 4.78 is 16.3. The van der Waals surface area contributed by atoms with Crippen LogP contribution in [0.4, 0.5) is 0 Å². The molecule has 2 aromatic carbocycles. The van der Waals surface area contributed by atoms with Crippen molar-refractivity contribution in [3.63, 3.8) is 0 Å². The molecule has 0 bridgehead atoms. The maximum atomic E-state index is 12.6. The third kappa shape index (κ3) is 2.97. The molecule has 5 rings (SSSR count). The van der Waals surface area contributed by atoms with E-state index in [9.17, 15) is 4.79 Å². The van der Waals surface area contributed by atoms with Gasteiger partial charge >= 0.3 is 5.63 Å². The summed E-state index contributed by atoms with van der Waals surface area (Å²) in [7, 11) is 0. The number of hydrazone groups is 1. The summed E-state index contributed by atoms with van der Waals surface area (Å²) in [6.07, 6.45) is 0.440. The van der Waals surface area contributed by atoms with Gasteiger partial charge in [-0.1, -0.05) is 24.3 Å². The molecule has 1 aromatic heterocycles. The lowest BCUT2D eigenvalue weighted by Gasteiger charge is -2.18. The van der Waals surface area contributed by atoms with E-state index >= 15 is 0 Å². The number of fused-ring (bicyclic) bond motifs is 2. The van der Waals surface area contributed by atoms with Gasteiger partial charge in [-0.3, -0.25) is 5.43 Å². The van der Waals surface area contributed by atoms with Crippen LogP contribution in [0.1, 0.15) is 23.6 Å². The molecule has 0 saturated heterocycles. The van der Waals surface area contributed by atoms with Crippen LogP contribution in [0.2, 0.25) is 0 Å². The molecule has 1 atom stereocenters. The molecule has 0 amide bonds. The molecule has 0 radical (unpaired) electrons. The Labute approximate surface area is 165 Å². The third-order valence-corrected chi connectivity index (χ3v) is 4.96. The van der Waals surface area contributed by atoms with Gasteiger partial charge in [0, 0.05) is 11.8 Å². The van der Waals surface area contributed by atoms with Crippen LogP contribution in [0.5, 0.6) is 11.5 Å². The molecule has 1 unspecified atom stereocenters. The van der Waals surface area contributed by atoms with Gasteiger partial charge < -0.3 is 19.2 Å². The molecule has 28 heavy (non-hydrogen) atoms. The third-order valence-electron chi connectivity index (χ3n) is 4.75. The topological polar surface area (TPSA) is 85.1 Å². The van der Waals surface area contributed by atoms with E-state index in [2.05, 4.69) is 15.8 Å². The first-order valence-corrected chi connectivity index (χ1v) is 9.14. The lowest BCUT2D eigenvalue weighted by molar-refractivity contribution is 0.174. The molecule has 7 nitrogen and oxygen atoms in total. The minimum absolute atomic E-state index is 0.193. The van der Waals surface area contributed by atoms with Crippen LogP contribution in [-0.4, -0.2) is 17.6 Å². The van der Waals surface area contributed by atoms with Crippen LogP contribution >= 0.6 is 12.2 Å². The Bertz CT molecular complexity index is 1190. The number of para-hydroxylation sites is 1. The molecule has 3 aromatic rings. The minimum atomic E-state index is -0.434. The molecule has 0 spiro atoms. The highest BCUT2D eigenvalue weighted by molar-refractivity contribution is 7.80. The van der Waals surface area contributed by atoms with E-state index < -0.39 is 5.63 Å². The Morgan fingerprint density at radius 1 is 1.07 bits per heavy atom. The zero-order chi connectivity index (χ0) is 19.1. The molecule has 0 fully saturated rings. The van der Waals surface area contributed by atoms with Gasteiger partial charge in [-0.2, -0.15) is 5.10 Å². The monoisotopic (exact) mass is 393 g/mol. The molecule has 0 aliphatic carbocycles. The van der Waals surface area contributed by atoms with Crippen molar-refractivity contribution in [3.05, 3.63) is 70.1 Å². The lowest BCUT2D eigenvalue weighted by atomic mass is 9.97. The molecule has 2 N–H and O–H groups in total. The largest absolute Gasteiger partial charge is 0.454 e. The standard InChI is InChI=1S/C20H15N3O4S/c24-19-13(7-12-3-1-2-4-16(12)27-19)15-9-14(21-20(28)23-22-15)11-5-6-17-18(8-11)26-10-25-17/h1-8,14H,9-10H2,(H2,21,23,28). The zero-order valence-electron chi connectivity index (χ0n) is 14.6. The smallest absolute Gasteiger partial charge is 0.345 e. The molecule has 8 heteroatoms. The summed E-state index contributed by atoms with van der Waals surface area (Å²) in [5, 5.41) is 8.77. The van der Waals surface area contributed by atoms with E-state index in [-0.39, 0.29) is 12.8 Å². The van der Waals surface area contributed by atoms with Crippen LogP contribution in [0.3, 0.4) is 0 Å². The average molecular weight is 393 g/mol. The highest BCUT2D eigenvalue weighted by atomic mass is 32.1. The van der Waals surface area contributed by atoms with Crippen LogP contribution < -0.4 is 25.8 Å². The van der Waals surface area contributed by atoms with Crippen molar-refractivity contribution >= 4 is 34.0 Å². The fourth-order valence-electron chi connectivity index (χ4n) is 3.36. The minimum Gasteiger partial charge on any atom is -0.454 e. The Hall–Kier alpha value is -3.39. The number of hydrogen-bond donors (Lipinski definition) is 2. The van der Waals surface area contributed by atoms with E-state index in [0.29, 0.717) is 39.9 Å². The second-order valence-electron chi connectivity index (χ2n) is 6.50. The molecular weight excluding hydrogens is 378 g/mol. The number of ether oxygens (including phenoxy) is 2. The van der Waals surface area contributed by atoms with Crippen molar-refractivity contribution in [2.24, 2.45) is 5.10 Å². The second-order valence-corrected chi connectivity index (χ2v) is 6.91. The maximum Gasteiger partial charge on any atom is 0.345 e. The fraction of sp³-hybridized carbons (Fsp3) is 0.150. The maximum absolute atomic E-state index is 12.6. The first kappa shape index (κ1) is 16.8. The van der Waals surface area contributed by atoms with Gasteiger partial charge in [0.2, 0.25) is 6.79 Å². The highest BCUT2D eigenvalue weighted by Crippen LogP contribution is 2.35. The predicted octanol–water partition coefficient (Wildman–Crippen LogP) is 2.83. The van der Waals surface area contributed by atoms with Crippen LogP contribution in [0.15, 0.2) is 62.8 Å². The average Bonchev–Trinajstić information content (AvgIpc) is 3.09. The molecule has 2 aliphatic heterocycles. The SMILES string of the molecule is O=c1oc2ccccc2cc1C1=NNC(=S)NC(c2ccc3c(c2)OCO3)C1. The van der Waals surface area contributed by atoms with Gasteiger partial charge in [0.1, 0.15) is 5.58 Å².